The number of halogens is 1. The summed E-state index contributed by atoms with van der Waals surface area (Å²) >= 11 is 6.34. The molecule has 112 valence electrons. The molecule has 1 heterocycles. The molecule has 2 N–H and O–H groups in total. The molecule has 0 aliphatic heterocycles. The first-order chi connectivity index (χ1) is 10.0. The first-order valence-corrected chi connectivity index (χ1v) is 7.63. The molecule has 5 heteroatoms. The second-order valence-corrected chi connectivity index (χ2v) is 6.23. The molecule has 1 aliphatic rings. The average Bonchev–Trinajstić information content (AvgIpc) is 3.01. The molecule has 1 aliphatic carbocycles. The second-order valence-electron chi connectivity index (χ2n) is 5.85. The Morgan fingerprint density at radius 1 is 1.38 bits per heavy atom. The van der Waals surface area contributed by atoms with Gasteiger partial charge in [-0.05, 0) is 18.9 Å². The summed E-state index contributed by atoms with van der Waals surface area (Å²) in [7, 11) is 1.83. The van der Waals surface area contributed by atoms with E-state index in [2.05, 4.69) is 5.32 Å². The lowest BCUT2D eigenvalue weighted by Crippen LogP contribution is -2.41. The summed E-state index contributed by atoms with van der Waals surface area (Å²) in [5.41, 5.74) is 0.610. The third-order valence-corrected chi connectivity index (χ3v) is 4.76. The zero-order valence-corrected chi connectivity index (χ0v) is 12.8. The van der Waals surface area contributed by atoms with E-state index in [-0.39, 0.29) is 12.5 Å². The normalized spacial score (nSPS) is 17.3. The van der Waals surface area contributed by atoms with Crippen molar-refractivity contribution in [3.05, 3.63) is 35.0 Å². The number of hydrogen-bond donors (Lipinski definition) is 2. The van der Waals surface area contributed by atoms with E-state index in [0.717, 1.165) is 36.6 Å². The largest absolute Gasteiger partial charge is 0.388 e. The Balaban J connectivity index is 1.85. The van der Waals surface area contributed by atoms with E-state index in [1.54, 1.807) is 4.57 Å². The molecule has 0 bridgehead atoms. The number of para-hydroxylation sites is 1. The SMILES string of the molecule is Cn1c(C(=O)NCC2(O)CCCC2)c(Cl)c2ccccc21. The van der Waals surface area contributed by atoms with Gasteiger partial charge in [-0.25, -0.2) is 0 Å². The zero-order chi connectivity index (χ0) is 15.0. The summed E-state index contributed by atoms with van der Waals surface area (Å²) in [6.07, 6.45) is 3.52. The fourth-order valence-corrected chi connectivity index (χ4v) is 3.51. The van der Waals surface area contributed by atoms with Crippen molar-refractivity contribution in [1.82, 2.24) is 9.88 Å². The standard InChI is InChI=1S/C16H19ClN2O2/c1-19-12-7-3-2-6-11(12)13(17)14(19)15(20)18-10-16(21)8-4-5-9-16/h2-3,6-7,21H,4-5,8-10H2,1H3,(H,18,20). The summed E-state index contributed by atoms with van der Waals surface area (Å²) in [4.78, 5) is 12.4. The lowest BCUT2D eigenvalue weighted by atomic mass is 10.0. The number of nitrogens with one attached hydrogen (secondary N) is 1. The van der Waals surface area contributed by atoms with Gasteiger partial charge in [0.1, 0.15) is 5.69 Å². The van der Waals surface area contributed by atoms with Gasteiger partial charge in [0, 0.05) is 24.5 Å². The highest BCUT2D eigenvalue weighted by atomic mass is 35.5. The van der Waals surface area contributed by atoms with Crippen LogP contribution in [0.15, 0.2) is 24.3 Å². The molecule has 1 amide bonds. The number of fused-ring (bicyclic) bond motifs is 1. The molecule has 2 aromatic rings. The van der Waals surface area contributed by atoms with Crippen LogP contribution in [0.1, 0.15) is 36.2 Å². The predicted octanol–water partition coefficient (Wildman–Crippen LogP) is 2.87. The molecule has 0 saturated heterocycles. The fraction of sp³-hybridized carbons (Fsp3) is 0.438. The van der Waals surface area contributed by atoms with Crippen LogP contribution in [-0.2, 0) is 7.05 Å². The van der Waals surface area contributed by atoms with Crippen LogP contribution in [0.25, 0.3) is 10.9 Å². The molecule has 0 atom stereocenters. The lowest BCUT2D eigenvalue weighted by Gasteiger charge is -2.22. The van der Waals surface area contributed by atoms with Gasteiger partial charge in [-0.1, -0.05) is 42.6 Å². The van der Waals surface area contributed by atoms with Gasteiger partial charge >= 0.3 is 0 Å². The van der Waals surface area contributed by atoms with Gasteiger partial charge < -0.3 is 15.0 Å². The van der Waals surface area contributed by atoms with Gasteiger partial charge in [0.05, 0.1) is 10.6 Å². The maximum absolute atomic E-state index is 12.4. The van der Waals surface area contributed by atoms with E-state index >= 15 is 0 Å². The summed E-state index contributed by atoms with van der Waals surface area (Å²) in [6.45, 7) is 0.281. The van der Waals surface area contributed by atoms with Crippen molar-refractivity contribution in [2.45, 2.75) is 31.3 Å². The van der Waals surface area contributed by atoms with Crippen molar-refractivity contribution in [3.63, 3.8) is 0 Å². The number of aliphatic hydroxyl groups is 1. The third kappa shape index (κ3) is 2.54. The highest BCUT2D eigenvalue weighted by molar-refractivity contribution is 6.38. The quantitative estimate of drug-likeness (QED) is 0.916. The van der Waals surface area contributed by atoms with Crippen molar-refractivity contribution in [2.75, 3.05) is 6.54 Å². The van der Waals surface area contributed by atoms with Crippen LogP contribution in [0.4, 0.5) is 0 Å². The van der Waals surface area contributed by atoms with Gasteiger partial charge in [-0.2, -0.15) is 0 Å². The summed E-state index contributed by atoms with van der Waals surface area (Å²) in [5.74, 6) is -0.237. The first kappa shape index (κ1) is 14.4. The molecular formula is C16H19ClN2O2. The Labute approximate surface area is 128 Å². The van der Waals surface area contributed by atoms with Crippen LogP contribution in [0.2, 0.25) is 5.02 Å². The number of carbonyl (C=O) groups is 1. The Morgan fingerprint density at radius 2 is 2.05 bits per heavy atom. The van der Waals surface area contributed by atoms with Crippen LogP contribution < -0.4 is 5.32 Å². The number of hydrogen-bond acceptors (Lipinski definition) is 2. The van der Waals surface area contributed by atoms with Gasteiger partial charge in [0.15, 0.2) is 0 Å². The first-order valence-electron chi connectivity index (χ1n) is 7.25. The number of benzene rings is 1. The Morgan fingerprint density at radius 3 is 2.71 bits per heavy atom. The van der Waals surface area contributed by atoms with Gasteiger partial charge in [-0.3, -0.25) is 4.79 Å². The topological polar surface area (TPSA) is 54.3 Å². The van der Waals surface area contributed by atoms with Crippen molar-refractivity contribution >= 4 is 28.4 Å². The molecule has 1 aromatic carbocycles. The Hall–Kier alpha value is -1.52. The number of aryl methyl sites for hydroxylation is 1. The van der Waals surface area contributed by atoms with Crippen LogP contribution in [0, 0.1) is 0 Å². The van der Waals surface area contributed by atoms with E-state index in [0.29, 0.717) is 10.7 Å². The average molecular weight is 307 g/mol. The van der Waals surface area contributed by atoms with Crippen LogP contribution in [-0.4, -0.2) is 27.7 Å². The molecule has 21 heavy (non-hydrogen) atoms. The smallest absolute Gasteiger partial charge is 0.269 e. The zero-order valence-electron chi connectivity index (χ0n) is 12.0. The number of amides is 1. The number of rotatable bonds is 3. The van der Waals surface area contributed by atoms with Crippen molar-refractivity contribution in [1.29, 1.82) is 0 Å². The predicted molar refractivity (Wildman–Crippen MR) is 83.7 cm³/mol. The summed E-state index contributed by atoms with van der Waals surface area (Å²) < 4.78 is 1.80. The van der Waals surface area contributed by atoms with Gasteiger partial charge in [-0.15, -0.1) is 0 Å². The van der Waals surface area contributed by atoms with Crippen molar-refractivity contribution in [3.8, 4) is 0 Å². The van der Waals surface area contributed by atoms with E-state index in [9.17, 15) is 9.90 Å². The second kappa shape index (κ2) is 5.35. The highest BCUT2D eigenvalue weighted by Crippen LogP contribution is 2.31. The van der Waals surface area contributed by atoms with Crippen molar-refractivity contribution in [2.24, 2.45) is 7.05 Å². The minimum absolute atomic E-state index is 0.237. The van der Waals surface area contributed by atoms with Crippen LogP contribution in [0.5, 0.6) is 0 Å². The van der Waals surface area contributed by atoms with E-state index in [4.69, 9.17) is 11.6 Å². The summed E-state index contributed by atoms with van der Waals surface area (Å²) in [5, 5.41) is 14.5. The molecule has 4 nitrogen and oxygen atoms in total. The van der Waals surface area contributed by atoms with E-state index < -0.39 is 5.60 Å². The molecule has 0 unspecified atom stereocenters. The lowest BCUT2D eigenvalue weighted by molar-refractivity contribution is 0.0448. The molecule has 1 saturated carbocycles. The molecular weight excluding hydrogens is 288 g/mol. The molecule has 1 fully saturated rings. The Kier molecular flexibility index (Phi) is 3.68. The monoisotopic (exact) mass is 306 g/mol. The van der Waals surface area contributed by atoms with Crippen LogP contribution >= 0.6 is 11.6 Å². The minimum atomic E-state index is -0.757. The minimum Gasteiger partial charge on any atom is -0.388 e. The van der Waals surface area contributed by atoms with Crippen LogP contribution in [0.3, 0.4) is 0 Å². The maximum Gasteiger partial charge on any atom is 0.269 e. The number of nitrogens with zero attached hydrogens (tertiary/aromatic N) is 1. The summed E-state index contributed by atoms with van der Waals surface area (Å²) in [6, 6.07) is 7.65. The van der Waals surface area contributed by atoms with E-state index in [1.807, 2.05) is 31.3 Å². The fourth-order valence-electron chi connectivity index (χ4n) is 3.14. The highest BCUT2D eigenvalue weighted by Gasteiger charge is 2.32. The molecule has 1 aromatic heterocycles. The molecule has 0 radical (unpaired) electrons. The van der Waals surface area contributed by atoms with E-state index in [1.165, 1.54) is 0 Å². The molecule has 3 rings (SSSR count). The Bertz CT molecular complexity index is 648. The third-order valence-electron chi connectivity index (χ3n) is 4.37. The molecule has 0 spiro atoms. The number of carbonyl (C=O) groups excluding carboxylic acids is 1. The number of aromatic nitrogens is 1. The maximum atomic E-state index is 12.4. The van der Waals surface area contributed by atoms with Gasteiger partial charge in [0.2, 0.25) is 0 Å². The van der Waals surface area contributed by atoms with Crippen molar-refractivity contribution < 1.29 is 9.90 Å². The van der Waals surface area contributed by atoms with Gasteiger partial charge in [0.25, 0.3) is 5.91 Å².